The van der Waals surface area contributed by atoms with Gasteiger partial charge in [-0.15, -0.1) is 0 Å². The molecule has 0 spiro atoms. The van der Waals surface area contributed by atoms with Crippen LogP contribution in [0.1, 0.15) is 45.6 Å². The van der Waals surface area contributed by atoms with Crippen LogP contribution < -0.4 is 5.32 Å². The number of piperidine rings is 1. The topological polar surface area (TPSA) is 58.6 Å². The van der Waals surface area contributed by atoms with E-state index in [4.69, 9.17) is 4.74 Å². The minimum Gasteiger partial charge on any atom is -0.444 e. The molecule has 1 unspecified atom stereocenters. The van der Waals surface area contributed by atoms with Crippen molar-refractivity contribution < 1.29 is 40.7 Å². The summed E-state index contributed by atoms with van der Waals surface area (Å²) in [7, 11) is 0. The average Bonchev–Trinajstić information content (AvgIpc) is 2.59. The first kappa shape index (κ1) is 24.8. The molecule has 1 aromatic carbocycles. The zero-order chi connectivity index (χ0) is 23.7. The molecule has 1 aromatic rings. The van der Waals surface area contributed by atoms with Crippen molar-refractivity contribution in [2.45, 2.75) is 57.9 Å². The number of ether oxygens (including phenoxy) is 1. The van der Waals surface area contributed by atoms with Crippen LogP contribution in [-0.2, 0) is 9.53 Å². The zero-order valence-corrected chi connectivity index (χ0v) is 17.4. The second kappa shape index (κ2) is 8.96. The highest BCUT2D eigenvalue weighted by Crippen LogP contribution is 2.39. The molecule has 0 saturated carbocycles. The molecule has 2 rings (SSSR count). The van der Waals surface area contributed by atoms with Crippen molar-refractivity contribution in [2.24, 2.45) is 5.92 Å². The number of benzene rings is 1. The van der Waals surface area contributed by atoms with Crippen LogP contribution in [0, 0.1) is 23.4 Å². The number of halogens is 6. The van der Waals surface area contributed by atoms with Crippen LogP contribution in [0.15, 0.2) is 12.1 Å². The highest BCUT2D eigenvalue weighted by atomic mass is 19.4. The van der Waals surface area contributed by atoms with E-state index in [1.54, 1.807) is 20.8 Å². The number of carbonyl (C=O) groups is 2. The summed E-state index contributed by atoms with van der Waals surface area (Å²) in [4.78, 5) is 25.1. The summed E-state index contributed by atoms with van der Waals surface area (Å²) in [6.07, 6.45) is -5.86. The normalized spacial score (nSPS) is 22.5. The lowest BCUT2D eigenvalue weighted by Gasteiger charge is -2.43. The van der Waals surface area contributed by atoms with E-state index < -0.39 is 71.2 Å². The number of hydrogen-bond acceptors (Lipinski definition) is 3. The van der Waals surface area contributed by atoms with E-state index in [0.29, 0.717) is 17.0 Å². The fraction of sp³-hybridized carbons (Fsp3) is 0.600. The van der Waals surface area contributed by atoms with E-state index in [9.17, 15) is 35.9 Å². The van der Waals surface area contributed by atoms with Crippen LogP contribution in [0.5, 0.6) is 0 Å². The monoisotopic (exact) mass is 454 g/mol. The maximum absolute atomic E-state index is 14.4. The molecule has 11 heteroatoms. The molecule has 1 heterocycles. The molecule has 0 bridgehead atoms. The summed E-state index contributed by atoms with van der Waals surface area (Å²) in [5.41, 5.74) is -1.31. The molecule has 0 aliphatic carbocycles. The smallest absolute Gasteiger partial charge is 0.407 e. The number of hydrogen-bond donors (Lipinski definition) is 1. The van der Waals surface area contributed by atoms with Crippen molar-refractivity contribution in [3.63, 3.8) is 0 Å². The first-order valence-corrected chi connectivity index (χ1v) is 9.57. The second-order valence-electron chi connectivity index (χ2n) is 8.53. The second-order valence-corrected chi connectivity index (χ2v) is 8.53. The van der Waals surface area contributed by atoms with Crippen LogP contribution in [-0.4, -0.2) is 47.8 Å². The largest absolute Gasteiger partial charge is 0.444 e. The number of nitrogens with one attached hydrogen (secondary N) is 1. The van der Waals surface area contributed by atoms with Gasteiger partial charge in [0.2, 0.25) is 5.91 Å². The Morgan fingerprint density at radius 3 is 2.35 bits per heavy atom. The molecule has 1 N–H and O–H groups in total. The van der Waals surface area contributed by atoms with Gasteiger partial charge in [-0.1, -0.05) is 0 Å². The number of nitrogens with zero attached hydrogens (tertiary/aromatic N) is 1. The van der Waals surface area contributed by atoms with Crippen molar-refractivity contribution in [1.29, 1.82) is 0 Å². The van der Waals surface area contributed by atoms with Gasteiger partial charge in [-0.3, -0.25) is 4.79 Å². The molecule has 1 saturated heterocycles. The van der Waals surface area contributed by atoms with Gasteiger partial charge >= 0.3 is 12.3 Å². The number of carbonyl (C=O) groups excluding carboxylic acids is 2. The predicted octanol–water partition coefficient (Wildman–Crippen LogP) is 4.51. The van der Waals surface area contributed by atoms with Crippen molar-refractivity contribution in [1.82, 2.24) is 10.2 Å². The molecular weight excluding hydrogens is 430 g/mol. The van der Waals surface area contributed by atoms with E-state index in [1.165, 1.54) is 6.92 Å². The molecule has 174 valence electrons. The van der Waals surface area contributed by atoms with Crippen LogP contribution in [0.2, 0.25) is 0 Å². The molecule has 31 heavy (non-hydrogen) atoms. The Bertz CT molecular complexity index is 837. The lowest BCUT2D eigenvalue weighted by molar-refractivity contribution is -0.172. The zero-order valence-electron chi connectivity index (χ0n) is 17.4. The molecule has 1 fully saturated rings. The van der Waals surface area contributed by atoms with E-state index in [2.05, 4.69) is 5.32 Å². The van der Waals surface area contributed by atoms with E-state index in [-0.39, 0.29) is 13.0 Å². The number of likely N-dealkylation sites (tertiary alicyclic amines) is 1. The van der Waals surface area contributed by atoms with Gasteiger partial charge in [-0.05, 0) is 45.7 Å². The Kier molecular flexibility index (Phi) is 7.17. The summed E-state index contributed by atoms with van der Waals surface area (Å²) in [5, 5.41) is 2.32. The summed E-state index contributed by atoms with van der Waals surface area (Å²) in [6.45, 7) is 4.05. The van der Waals surface area contributed by atoms with Gasteiger partial charge in [0.05, 0.1) is 5.92 Å². The Hall–Kier alpha value is -2.46. The van der Waals surface area contributed by atoms with Crippen LogP contribution in [0.25, 0.3) is 0 Å². The lowest BCUT2D eigenvalue weighted by atomic mass is 9.78. The average molecular weight is 454 g/mol. The molecule has 0 radical (unpaired) electrons. The van der Waals surface area contributed by atoms with Crippen molar-refractivity contribution in [3.05, 3.63) is 35.1 Å². The minimum absolute atomic E-state index is 0.218. The van der Waals surface area contributed by atoms with E-state index in [0.717, 1.165) is 0 Å². The molecule has 0 aromatic heterocycles. The van der Waals surface area contributed by atoms with E-state index in [1.807, 2.05) is 0 Å². The Morgan fingerprint density at radius 2 is 1.81 bits per heavy atom. The number of alkyl halides is 3. The van der Waals surface area contributed by atoms with Crippen LogP contribution >= 0.6 is 0 Å². The molecule has 5 nitrogen and oxygen atoms in total. The van der Waals surface area contributed by atoms with Gasteiger partial charge in [-0.2, -0.15) is 13.2 Å². The highest BCUT2D eigenvalue weighted by Gasteiger charge is 2.45. The summed E-state index contributed by atoms with van der Waals surface area (Å²) in [6, 6.07) is -0.158. The maximum Gasteiger partial charge on any atom is 0.407 e. The third-order valence-electron chi connectivity index (χ3n) is 4.91. The molecule has 2 amide bonds. The molecular formula is C20H24F6N2O3. The third-order valence-corrected chi connectivity index (χ3v) is 4.91. The summed E-state index contributed by atoms with van der Waals surface area (Å²) in [5.74, 6) is -7.18. The number of rotatable bonds is 4. The quantitative estimate of drug-likeness (QED) is 0.538. The van der Waals surface area contributed by atoms with Gasteiger partial charge in [0.25, 0.3) is 0 Å². The van der Waals surface area contributed by atoms with Gasteiger partial charge in [0.15, 0.2) is 11.6 Å². The van der Waals surface area contributed by atoms with Crippen molar-refractivity contribution in [2.75, 3.05) is 13.1 Å². The third kappa shape index (κ3) is 6.51. The fourth-order valence-corrected chi connectivity index (χ4v) is 3.60. The fourth-order valence-electron chi connectivity index (χ4n) is 3.60. The minimum atomic E-state index is -4.75. The standard InChI is InChI=1S/C20H24F6N2O3/c1-10-13(14-6-12(21)7-15(22)16(14)23)5-11(8-27-18(30)31-19(2,3)4)17(29)28(10)9-20(24,25)26/h6-7,10-11,13H,5,8-9H2,1-4H3,(H,27,30)/t10-,11?,13-/m1/s1. The SMILES string of the molecule is C[C@@H]1[C@H](c2cc(F)cc(F)c2F)CC(CNC(=O)OC(C)(C)C)C(=O)N1CC(F)(F)F. The van der Waals surface area contributed by atoms with Gasteiger partial charge < -0.3 is 15.0 Å². The van der Waals surface area contributed by atoms with Gasteiger partial charge in [0.1, 0.15) is 18.0 Å². The Labute approximate surface area is 175 Å². The Balaban J connectivity index is 2.34. The first-order chi connectivity index (χ1) is 14.1. The highest BCUT2D eigenvalue weighted by molar-refractivity contribution is 5.81. The van der Waals surface area contributed by atoms with Crippen molar-refractivity contribution in [3.8, 4) is 0 Å². The van der Waals surface area contributed by atoms with Crippen molar-refractivity contribution >= 4 is 12.0 Å². The van der Waals surface area contributed by atoms with Gasteiger partial charge in [0, 0.05) is 24.6 Å². The summed E-state index contributed by atoms with van der Waals surface area (Å²) < 4.78 is 86.1. The van der Waals surface area contributed by atoms with Crippen LogP contribution in [0.3, 0.4) is 0 Å². The maximum atomic E-state index is 14.4. The number of amides is 2. The lowest BCUT2D eigenvalue weighted by Crippen LogP contribution is -2.55. The van der Waals surface area contributed by atoms with E-state index >= 15 is 0 Å². The summed E-state index contributed by atoms with van der Waals surface area (Å²) >= 11 is 0. The number of alkyl carbamates (subject to hydrolysis) is 1. The Morgan fingerprint density at radius 1 is 1.19 bits per heavy atom. The molecule has 1 aliphatic rings. The van der Waals surface area contributed by atoms with Crippen LogP contribution in [0.4, 0.5) is 31.1 Å². The predicted molar refractivity (Wildman–Crippen MR) is 98.6 cm³/mol. The molecule has 1 aliphatic heterocycles. The first-order valence-electron chi connectivity index (χ1n) is 9.57. The molecule has 3 atom stereocenters. The van der Waals surface area contributed by atoms with Gasteiger partial charge in [-0.25, -0.2) is 18.0 Å².